The zero-order valence-electron chi connectivity index (χ0n) is 29.9. The first-order chi connectivity index (χ1) is 21.7. The molecule has 1 aromatic carbocycles. The van der Waals surface area contributed by atoms with Crippen LogP contribution in [0.4, 0.5) is 0 Å². The Morgan fingerprint density at radius 3 is 2.33 bits per heavy atom. The number of benzene rings is 1. The van der Waals surface area contributed by atoms with Crippen LogP contribution in [0.25, 0.3) is 43.4 Å². The summed E-state index contributed by atoms with van der Waals surface area (Å²) in [6, 6.07) is 13.2. The third-order valence-electron chi connectivity index (χ3n) is 8.09. The smallest absolute Gasteiger partial charge is 0.216 e. The molecule has 0 aliphatic rings. The van der Waals surface area contributed by atoms with Crippen LogP contribution < -0.4 is 0 Å². The van der Waals surface area contributed by atoms with E-state index in [0.29, 0.717) is 5.71 Å². The van der Waals surface area contributed by atoms with Crippen LogP contribution in [-0.2, 0) is 31.3 Å². The number of aliphatic hydroxyl groups excluding tert-OH is 1. The van der Waals surface area contributed by atoms with E-state index < -0.39 is 11.8 Å². The summed E-state index contributed by atoms with van der Waals surface area (Å²) in [5.74, 6) is 0.547. The minimum Gasteiger partial charge on any atom is -0.512 e. The fourth-order valence-corrected chi connectivity index (χ4v) is 6.72. The van der Waals surface area contributed by atoms with Gasteiger partial charge in [0.05, 0.1) is 11.3 Å². The van der Waals surface area contributed by atoms with Crippen molar-refractivity contribution in [1.82, 2.24) is 9.97 Å². The SMILES string of the molecule is CCC(CC)C(=O)/C=C(\O)C(CC)CC.[2H]C([2H])(c1sc2cc(-c3[c-]ccc4c3oc3nc(C)ccc34)ncc2c1C)C(C)(C)C.[Ir]. The van der Waals surface area contributed by atoms with Crippen molar-refractivity contribution in [3.63, 3.8) is 0 Å². The molecule has 1 radical (unpaired) electrons. The summed E-state index contributed by atoms with van der Waals surface area (Å²) in [4.78, 5) is 21.7. The van der Waals surface area contributed by atoms with E-state index in [-0.39, 0.29) is 43.5 Å². The number of thiophene rings is 1. The van der Waals surface area contributed by atoms with E-state index in [9.17, 15) is 9.90 Å². The van der Waals surface area contributed by atoms with Crippen LogP contribution in [-0.4, -0.2) is 20.9 Å². The minimum absolute atomic E-state index is 0. The summed E-state index contributed by atoms with van der Waals surface area (Å²) in [5, 5.41) is 12.7. The number of carbonyl (C=O) groups is 1. The third-order valence-corrected chi connectivity index (χ3v) is 9.26. The Labute approximate surface area is 288 Å². The quantitative estimate of drug-likeness (QED) is 0.0912. The second-order valence-electron chi connectivity index (χ2n) is 12.5. The Morgan fingerprint density at radius 1 is 1.04 bits per heavy atom. The van der Waals surface area contributed by atoms with Gasteiger partial charge >= 0.3 is 0 Å². The molecule has 0 aliphatic carbocycles. The molecule has 0 spiro atoms. The fourth-order valence-electron chi connectivity index (χ4n) is 5.39. The molecule has 0 unspecified atom stereocenters. The van der Waals surface area contributed by atoms with Gasteiger partial charge in [-0.3, -0.25) is 4.79 Å². The van der Waals surface area contributed by atoms with Crippen LogP contribution in [0.2, 0.25) is 0 Å². The van der Waals surface area contributed by atoms with Crippen LogP contribution in [0.15, 0.2) is 52.8 Å². The predicted octanol–water partition coefficient (Wildman–Crippen LogP) is 11.1. The molecule has 5 nitrogen and oxygen atoms in total. The molecular formula is C38H47IrN2O3S-. The number of rotatable bonds is 9. The zero-order valence-corrected chi connectivity index (χ0v) is 31.1. The normalized spacial score (nSPS) is 13.2. The average Bonchev–Trinajstić information content (AvgIpc) is 3.54. The van der Waals surface area contributed by atoms with E-state index in [1.807, 2.05) is 98.8 Å². The number of carbonyl (C=O) groups excluding carboxylic acids is 1. The van der Waals surface area contributed by atoms with Crippen LogP contribution in [0.1, 0.15) is 93.0 Å². The Hall–Kier alpha value is -2.86. The van der Waals surface area contributed by atoms with Gasteiger partial charge in [-0.1, -0.05) is 65.5 Å². The topological polar surface area (TPSA) is 76.2 Å². The average molecular weight is 806 g/mol. The number of aliphatic hydroxyl groups is 1. The van der Waals surface area contributed by atoms with Crippen molar-refractivity contribution in [2.75, 3.05) is 0 Å². The maximum absolute atomic E-state index is 11.7. The number of hydrogen-bond donors (Lipinski definition) is 1. The number of furan rings is 1. The molecule has 243 valence electrons. The van der Waals surface area contributed by atoms with Gasteiger partial charge in [0, 0.05) is 73.0 Å². The van der Waals surface area contributed by atoms with E-state index >= 15 is 0 Å². The maximum Gasteiger partial charge on any atom is 0.216 e. The van der Waals surface area contributed by atoms with E-state index in [4.69, 9.17) is 12.1 Å². The van der Waals surface area contributed by atoms with E-state index in [2.05, 4.69) is 11.1 Å². The largest absolute Gasteiger partial charge is 0.512 e. The van der Waals surface area contributed by atoms with Crippen LogP contribution in [0.3, 0.4) is 0 Å². The van der Waals surface area contributed by atoms with Crippen molar-refractivity contribution in [1.29, 1.82) is 0 Å². The number of aryl methyl sites for hydroxylation is 2. The summed E-state index contributed by atoms with van der Waals surface area (Å²) in [6.45, 7) is 17.8. The number of allylic oxidation sites excluding steroid dienone is 2. The minimum atomic E-state index is -1.44. The molecule has 0 bridgehead atoms. The van der Waals surface area contributed by atoms with Gasteiger partial charge in [0.1, 0.15) is 0 Å². The first-order valence-electron chi connectivity index (χ1n) is 16.7. The fraction of sp³-hybridized carbons (Fsp3) is 0.447. The van der Waals surface area contributed by atoms with Crippen LogP contribution in [0, 0.1) is 37.2 Å². The number of pyridine rings is 2. The Balaban J connectivity index is 0.000000322. The summed E-state index contributed by atoms with van der Waals surface area (Å²) >= 11 is 1.51. The molecule has 0 aliphatic heterocycles. The van der Waals surface area contributed by atoms with Gasteiger partial charge in [-0.05, 0) is 74.7 Å². The number of ketones is 1. The van der Waals surface area contributed by atoms with Gasteiger partial charge in [-0.25, -0.2) is 4.98 Å². The van der Waals surface area contributed by atoms with Crippen molar-refractivity contribution in [2.24, 2.45) is 17.3 Å². The van der Waals surface area contributed by atoms with E-state index in [0.717, 1.165) is 79.5 Å². The second-order valence-corrected chi connectivity index (χ2v) is 13.6. The molecule has 5 aromatic rings. The van der Waals surface area contributed by atoms with Crippen molar-refractivity contribution < 1.29 is 37.2 Å². The first kappa shape index (κ1) is 33.5. The van der Waals surface area contributed by atoms with Gasteiger partial charge in [0.25, 0.3) is 0 Å². The second kappa shape index (κ2) is 15.6. The summed E-state index contributed by atoms with van der Waals surface area (Å²) in [6.07, 6.45) is 5.31. The summed E-state index contributed by atoms with van der Waals surface area (Å²) in [7, 11) is 0. The monoisotopic (exact) mass is 806 g/mol. The van der Waals surface area contributed by atoms with Gasteiger partial charge in [0.2, 0.25) is 5.71 Å². The third kappa shape index (κ3) is 8.49. The molecule has 4 heterocycles. The summed E-state index contributed by atoms with van der Waals surface area (Å²) < 4.78 is 24.6. The Kier molecular flexibility index (Phi) is 11.6. The molecule has 1 N–H and O–H groups in total. The van der Waals surface area contributed by atoms with Crippen LogP contribution >= 0.6 is 11.3 Å². The summed E-state index contributed by atoms with van der Waals surface area (Å²) in [5.41, 5.74) is 4.26. The maximum atomic E-state index is 11.7. The van der Waals surface area contributed by atoms with Crippen molar-refractivity contribution >= 4 is 49.3 Å². The number of nitrogens with zero attached hydrogens (tertiary/aromatic N) is 2. The molecular weight excluding hydrogens is 757 g/mol. The van der Waals surface area contributed by atoms with Gasteiger partial charge in [-0.2, -0.15) is 0 Å². The molecule has 0 fully saturated rings. The Morgan fingerprint density at radius 2 is 1.71 bits per heavy atom. The van der Waals surface area contributed by atoms with Crippen molar-refractivity contribution in [2.45, 2.75) is 94.4 Å². The molecule has 0 saturated heterocycles. The zero-order chi connectivity index (χ0) is 34.0. The Bertz CT molecular complexity index is 1880. The van der Waals surface area contributed by atoms with E-state index in [1.54, 1.807) is 0 Å². The van der Waals surface area contributed by atoms with Gasteiger partial charge in [-0.15, -0.1) is 29.5 Å². The first-order valence-corrected chi connectivity index (χ1v) is 16.5. The number of aromatic nitrogens is 2. The van der Waals surface area contributed by atoms with Gasteiger partial charge < -0.3 is 14.5 Å². The van der Waals surface area contributed by atoms with Crippen LogP contribution in [0.5, 0.6) is 0 Å². The number of hydrogen-bond acceptors (Lipinski definition) is 6. The molecule has 0 saturated carbocycles. The predicted molar refractivity (Wildman–Crippen MR) is 185 cm³/mol. The molecule has 0 amide bonds. The molecule has 0 atom stereocenters. The molecule has 4 aromatic heterocycles. The van der Waals surface area contributed by atoms with E-state index in [1.165, 1.54) is 17.4 Å². The standard InChI is InChI=1S/C25H23N2OS.C13H24O2.Ir/c1-14-9-10-17-16-7-6-8-18(23(16)28-24(17)27-14)20-11-21-19(13-26-20)15(2)22(29-21)12-25(3,4)5;1-5-10(6-2)12(14)9-13(15)11(7-3)8-4;/h6-7,9-11,13H,12H2,1-5H3;9-11,14H,5-8H2,1-4H3;/q-1;;/b;12-9-;/i12D2;;. The molecule has 7 heteroatoms. The number of fused-ring (bicyclic) bond motifs is 4. The van der Waals surface area contributed by atoms with Crippen molar-refractivity contribution in [3.05, 3.63) is 70.6 Å². The molecule has 5 rings (SSSR count). The molecule has 45 heavy (non-hydrogen) atoms. The van der Waals surface area contributed by atoms with Gasteiger partial charge in [0.15, 0.2) is 5.78 Å². The van der Waals surface area contributed by atoms with Crippen molar-refractivity contribution in [3.8, 4) is 11.3 Å².